The number of amides is 1. The van der Waals surface area contributed by atoms with Crippen LogP contribution < -0.4 is 4.74 Å². The molecule has 1 aromatic heterocycles. The zero-order valence-corrected chi connectivity index (χ0v) is 13.2. The van der Waals surface area contributed by atoms with E-state index in [1.165, 1.54) is 0 Å². The van der Waals surface area contributed by atoms with Gasteiger partial charge < -0.3 is 14.7 Å². The van der Waals surface area contributed by atoms with Gasteiger partial charge in [-0.2, -0.15) is 0 Å². The number of pyridine rings is 1. The molecule has 0 spiro atoms. The van der Waals surface area contributed by atoms with E-state index in [2.05, 4.69) is 4.98 Å². The van der Waals surface area contributed by atoms with Crippen LogP contribution in [-0.4, -0.2) is 40.1 Å². The lowest BCUT2D eigenvalue weighted by atomic mass is 10.1. The molecular weight excluding hydrogens is 316 g/mol. The first-order valence-corrected chi connectivity index (χ1v) is 7.86. The lowest BCUT2D eigenvalue weighted by Gasteiger charge is -2.23. The largest absolute Gasteiger partial charge is 0.456 e. The van der Waals surface area contributed by atoms with Crippen molar-refractivity contribution >= 4 is 17.5 Å². The number of benzene rings is 1. The molecule has 6 heteroatoms. The molecule has 0 saturated carbocycles. The van der Waals surface area contributed by atoms with Crippen LogP contribution in [-0.2, 0) is 0 Å². The molecule has 23 heavy (non-hydrogen) atoms. The Hall–Kier alpha value is -2.11. The Morgan fingerprint density at radius 1 is 1.35 bits per heavy atom. The first kappa shape index (κ1) is 15.8. The maximum absolute atomic E-state index is 12.5. The Morgan fingerprint density at radius 2 is 2.13 bits per heavy atom. The van der Waals surface area contributed by atoms with Crippen LogP contribution in [0.2, 0.25) is 5.02 Å². The summed E-state index contributed by atoms with van der Waals surface area (Å²) in [6.07, 6.45) is 5.00. The smallest absolute Gasteiger partial charge is 0.254 e. The van der Waals surface area contributed by atoms with Crippen LogP contribution in [0, 0.1) is 0 Å². The lowest BCUT2D eigenvalue weighted by molar-refractivity contribution is 0.0677. The molecule has 2 heterocycles. The molecule has 1 saturated heterocycles. The molecule has 1 N–H and O–H groups in total. The minimum atomic E-state index is -0.112. The van der Waals surface area contributed by atoms with Crippen LogP contribution in [0.15, 0.2) is 42.7 Å². The van der Waals surface area contributed by atoms with Crippen LogP contribution in [0.5, 0.6) is 11.5 Å². The number of nitrogens with zero attached hydrogens (tertiary/aromatic N) is 2. The van der Waals surface area contributed by atoms with Gasteiger partial charge in [-0.15, -0.1) is 0 Å². The molecule has 1 aliphatic rings. The zero-order chi connectivity index (χ0) is 16.2. The zero-order valence-electron chi connectivity index (χ0n) is 12.5. The summed E-state index contributed by atoms with van der Waals surface area (Å²) in [5.74, 6) is 0.995. The predicted molar refractivity (Wildman–Crippen MR) is 86.9 cm³/mol. The molecule has 0 aliphatic carbocycles. The third-order valence-corrected chi connectivity index (χ3v) is 4.20. The predicted octanol–water partition coefficient (Wildman–Crippen LogP) is 3.12. The molecule has 1 fully saturated rings. The summed E-state index contributed by atoms with van der Waals surface area (Å²) in [5.41, 5.74) is 0.498. The Balaban J connectivity index is 1.78. The SMILES string of the molecule is O=C(c1ccc(Oc2ccncc2)c(Cl)c1)N1CCC[C@@H]1CO. The Morgan fingerprint density at radius 3 is 2.83 bits per heavy atom. The van der Waals surface area contributed by atoms with E-state index in [0.29, 0.717) is 28.6 Å². The van der Waals surface area contributed by atoms with Gasteiger partial charge in [-0.3, -0.25) is 9.78 Å². The van der Waals surface area contributed by atoms with Crippen molar-refractivity contribution in [2.45, 2.75) is 18.9 Å². The summed E-state index contributed by atoms with van der Waals surface area (Å²) in [4.78, 5) is 18.2. The normalized spacial score (nSPS) is 17.3. The monoisotopic (exact) mass is 332 g/mol. The van der Waals surface area contributed by atoms with E-state index in [0.717, 1.165) is 12.8 Å². The molecule has 0 radical (unpaired) electrons. The molecule has 1 aliphatic heterocycles. The average Bonchev–Trinajstić information content (AvgIpc) is 3.05. The van der Waals surface area contributed by atoms with Gasteiger partial charge in [-0.05, 0) is 43.2 Å². The number of carbonyl (C=O) groups excluding carboxylic acids is 1. The molecular formula is C17H17ClN2O3. The quantitative estimate of drug-likeness (QED) is 0.934. The van der Waals surface area contributed by atoms with Crippen molar-refractivity contribution in [2.24, 2.45) is 0 Å². The summed E-state index contributed by atoms with van der Waals surface area (Å²) in [5, 5.41) is 9.72. The molecule has 3 rings (SSSR count). The first-order chi connectivity index (χ1) is 11.2. The summed E-state index contributed by atoms with van der Waals surface area (Å²) < 4.78 is 5.67. The number of likely N-dealkylation sites (tertiary alicyclic amines) is 1. The van der Waals surface area contributed by atoms with Crippen molar-refractivity contribution in [1.82, 2.24) is 9.88 Å². The van der Waals surface area contributed by atoms with Gasteiger partial charge >= 0.3 is 0 Å². The van der Waals surface area contributed by atoms with Crippen molar-refractivity contribution in [1.29, 1.82) is 0 Å². The Kier molecular flexibility index (Phi) is 4.79. The van der Waals surface area contributed by atoms with Gasteiger partial charge in [0.05, 0.1) is 17.7 Å². The number of carbonyl (C=O) groups is 1. The van der Waals surface area contributed by atoms with Gasteiger partial charge in [0, 0.05) is 24.5 Å². The number of rotatable bonds is 4. The lowest BCUT2D eigenvalue weighted by Crippen LogP contribution is -2.37. The van der Waals surface area contributed by atoms with E-state index in [4.69, 9.17) is 16.3 Å². The van der Waals surface area contributed by atoms with Gasteiger partial charge in [-0.25, -0.2) is 0 Å². The minimum Gasteiger partial charge on any atom is -0.456 e. The molecule has 1 atom stereocenters. The molecule has 0 unspecified atom stereocenters. The van der Waals surface area contributed by atoms with Gasteiger partial charge in [-0.1, -0.05) is 11.6 Å². The molecule has 1 amide bonds. The number of aliphatic hydroxyl groups excluding tert-OH is 1. The Bertz CT molecular complexity index is 693. The van der Waals surface area contributed by atoms with Crippen LogP contribution >= 0.6 is 11.6 Å². The molecule has 1 aromatic carbocycles. The van der Waals surface area contributed by atoms with E-state index in [1.807, 2.05) is 0 Å². The van der Waals surface area contributed by atoms with Crippen molar-refractivity contribution < 1.29 is 14.6 Å². The number of halogens is 1. The first-order valence-electron chi connectivity index (χ1n) is 7.48. The van der Waals surface area contributed by atoms with Crippen LogP contribution in [0.3, 0.4) is 0 Å². The molecule has 5 nitrogen and oxygen atoms in total. The third-order valence-electron chi connectivity index (χ3n) is 3.91. The maximum Gasteiger partial charge on any atom is 0.254 e. The highest BCUT2D eigenvalue weighted by Crippen LogP contribution is 2.31. The summed E-state index contributed by atoms with van der Waals surface area (Å²) >= 11 is 6.24. The highest BCUT2D eigenvalue weighted by molar-refractivity contribution is 6.32. The summed E-state index contributed by atoms with van der Waals surface area (Å²) in [6, 6.07) is 8.33. The van der Waals surface area contributed by atoms with Gasteiger partial charge in [0.25, 0.3) is 5.91 Å². The van der Waals surface area contributed by atoms with Crippen molar-refractivity contribution in [2.75, 3.05) is 13.2 Å². The second-order valence-corrected chi connectivity index (χ2v) is 5.81. The van der Waals surface area contributed by atoms with E-state index in [-0.39, 0.29) is 18.6 Å². The fourth-order valence-electron chi connectivity index (χ4n) is 2.71. The minimum absolute atomic E-state index is 0.0112. The van der Waals surface area contributed by atoms with Crippen molar-refractivity contribution in [3.8, 4) is 11.5 Å². The molecule has 120 valence electrons. The van der Waals surface area contributed by atoms with Crippen molar-refractivity contribution in [3.63, 3.8) is 0 Å². The average molecular weight is 333 g/mol. The highest BCUT2D eigenvalue weighted by atomic mass is 35.5. The number of ether oxygens (including phenoxy) is 1. The van der Waals surface area contributed by atoms with Crippen molar-refractivity contribution in [3.05, 3.63) is 53.3 Å². The van der Waals surface area contributed by atoms with E-state index in [1.54, 1.807) is 47.6 Å². The number of aromatic nitrogens is 1. The van der Waals surface area contributed by atoms with E-state index < -0.39 is 0 Å². The third kappa shape index (κ3) is 3.46. The second-order valence-electron chi connectivity index (χ2n) is 5.41. The summed E-state index contributed by atoms with van der Waals surface area (Å²) in [6.45, 7) is 0.652. The van der Waals surface area contributed by atoms with Gasteiger partial charge in [0.1, 0.15) is 11.5 Å². The standard InChI is InChI=1S/C17H17ClN2O3/c18-15-10-12(17(22)20-9-1-2-13(20)11-21)3-4-16(15)23-14-5-7-19-8-6-14/h3-8,10,13,21H,1-2,9,11H2/t13-/m1/s1. The van der Waals surface area contributed by atoms with Gasteiger partial charge in [0.15, 0.2) is 0 Å². The second kappa shape index (κ2) is 6.98. The molecule has 2 aromatic rings. The van der Waals surface area contributed by atoms with Crippen LogP contribution in [0.25, 0.3) is 0 Å². The fourth-order valence-corrected chi connectivity index (χ4v) is 2.93. The molecule has 0 bridgehead atoms. The van der Waals surface area contributed by atoms with E-state index >= 15 is 0 Å². The highest BCUT2D eigenvalue weighted by Gasteiger charge is 2.29. The Labute approximate surface area is 139 Å². The summed E-state index contributed by atoms with van der Waals surface area (Å²) in [7, 11) is 0. The van der Waals surface area contributed by atoms with Crippen LogP contribution in [0.4, 0.5) is 0 Å². The number of hydrogen-bond acceptors (Lipinski definition) is 4. The maximum atomic E-state index is 12.5. The topological polar surface area (TPSA) is 62.7 Å². The number of hydrogen-bond donors (Lipinski definition) is 1. The number of aliphatic hydroxyl groups is 1. The van der Waals surface area contributed by atoms with E-state index in [9.17, 15) is 9.90 Å². The van der Waals surface area contributed by atoms with Crippen LogP contribution in [0.1, 0.15) is 23.2 Å². The fraction of sp³-hybridized carbons (Fsp3) is 0.294. The van der Waals surface area contributed by atoms with Gasteiger partial charge in [0.2, 0.25) is 0 Å².